The molecule has 2 fully saturated rings. The topological polar surface area (TPSA) is 64.4 Å². The number of nitrogens with zero attached hydrogens (tertiary/aromatic N) is 3. The van der Waals surface area contributed by atoms with E-state index in [-0.39, 0.29) is 25.2 Å². The van der Waals surface area contributed by atoms with Gasteiger partial charge in [-0.15, -0.1) is 0 Å². The van der Waals surface area contributed by atoms with Crippen molar-refractivity contribution in [1.82, 2.24) is 14.1 Å². The minimum Gasteiger partial charge on any atom is -0.356 e. The molecule has 3 heterocycles. The third-order valence-corrected chi connectivity index (χ3v) is 7.72. The Balaban J connectivity index is 1.62. The Morgan fingerprint density at radius 1 is 1.14 bits per heavy atom. The summed E-state index contributed by atoms with van der Waals surface area (Å²) in [6.45, 7) is 0.329. The maximum Gasteiger partial charge on any atom is 0.511 e. The van der Waals surface area contributed by atoms with Crippen LogP contribution in [0.25, 0.3) is 10.9 Å². The average Bonchev–Trinajstić information content (AvgIpc) is 3.06. The Kier molecular flexibility index (Phi) is 5.69. The molecule has 4 rings (SSSR count). The molecule has 2 saturated heterocycles. The van der Waals surface area contributed by atoms with Crippen molar-refractivity contribution >= 4 is 36.9 Å². The van der Waals surface area contributed by atoms with Gasteiger partial charge in [-0.1, -0.05) is 15.9 Å². The van der Waals surface area contributed by atoms with Gasteiger partial charge in [-0.2, -0.15) is 22.6 Å². The molecule has 0 amide bonds. The van der Waals surface area contributed by atoms with Crippen LogP contribution in [-0.2, 0) is 14.8 Å². The first-order valence-electron chi connectivity index (χ1n) is 9.54. The number of benzene rings is 1. The lowest BCUT2D eigenvalue weighted by Gasteiger charge is -2.31. The fourth-order valence-corrected chi connectivity index (χ4v) is 5.44. The van der Waals surface area contributed by atoms with E-state index in [1.807, 2.05) is 22.9 Å². The van der Waals surface area contributed by atoms with Gasteiger partial charge in [0, 0.05) is 35.5 Å². The maximum absolute atomic E-state index is 12.8. The molecule has 0 N–H and O–H groups in total. The van der Waals surface area contributed by atoms with Crippen molar-refractivity contribution in [2.45, 2.75) is 49.8 Å². The Morgan fingerprint density at radius 3 is 2.48 bits per heavy atom. The number of halogens is 4. The number of alkyl halides is 3. The van der Waals surface area contributed by atoms with Crippen LogP contribution in [0.1, 0.15) is 49.9 Å². The fourth-order valence-electron chi connectivity index (χ4n) is 4.09. The first-order valence-corrected chi connectivity index (χ1v) is 11.8. The van der Waals surface area contributed by atoms with Crippen LogP contribution in [0.3, 0.4) is 0 Å². The van der Waals surface area contributed by atoms with Crippen LogP contribution in [0.4, 0.5) is 13.2 Å². The summed E-state index contributed by atoms with van der Waals surface area (Å²) in [5.41, 5.74) is -3.56. The smallest absolute Gasteiger partial charge is 0.356 e. The van der Waals surface area contributed by atoms with E-state index < -0.39 is 15.5 Å². The van der Waals surface area contributed by atoms with E-state index in [0.717, 1.165) is 40.3 Å². The molecule has 2 aliphatic rings. The van der Waals surface area contributed by atoms with Crippen molar-refractivity contribution in [3.8, 4) is 0 Å². The van der Waals surface area contributed by atoms with E-state index in [1.54, 1.807) is 0 Å². The van der Waals surface area contributed by atoms with Crippen molar-refractivity contribution in [3.05, 3.63) is 28.4 Å². The van der Waals surface area contributed by atoms with E-state index >= 15 is 0 Å². The number of hydrogen-bond donors (Lipinski definition) is 0. The highest BCUT2D eigenvalue weighted by molar-refractivity contribution is 9.10. The second-order valence-electron chi connectivity index (χ2n) is 7.44. The molecule has 29 heavy (non-hydrogen) atoms. The molecule has 2 aliphatic heterocycles. The summed E-state index contributed by atoms with van der Waals surface area (Å²) in [5.74, 6) is -0.115. The predicted octanol–water partition coefficient (Wildman–Crippen LogP) is 4.53. The van der Waals surface area contributed by atoms with Crippen LogP contribution >= 0.6 is 15.9 Å². The van der Waals surface area contributed by atoms with Gasteiger partial charge in [0.05, 0.1) is 11.2 Å². The maximum atomic E-state index is 12.8. The molecule has 1 atom stereocenters. The standard InChI is InChI=1S/C18H21BrF3N3O3S/c19-13-4-5-15-14(11-13)17(23-25(15)16-3-1-2-10-28-16)12-6-8-24(9-7-12)29(26,27)18(20,21)22/h4-5,11-12,16H,1-3,6-10H2. The van der Waals surface area contributed by atoms with E-state index in [1.165, 1.54) is 0 Å². The molecule has 0 bridgehead atoms. The summed E-state index contributed by atoms with van der Waals surface area (Å²) in [7, 11) is -5.29. The predicted molar refractivity (Wildman–Crippen MR) is 105 cm³/mol. The van der Waals surface area contributed by atoms with Gasteiger partial charge in [-0.05, 0) is 50.3 Å². The van der Waals surface area contributed by atoms with E-state index in [0.29, 0.717) is 23.8 Å². The van der Waals surface area contributed by atoms with Crippen LogP contribution in [-0.4, -0.2) is 47.7 Å². The fraction of sp³-hybridized carbons (Fsp3) is 0.611. The summed E-state index contributed by atoms with van der Waals surface area (Å²) in [6.07, 6.45) is 3.34. The third kappa shape index (κ3) is 3.94. The number of sulfonamides is 1. The molecule has 1 unspecified atom stereocenters. The van der Waals surface area contributed by atoms with Gasteiger partial charge in [-0.3, -0.25) is 0 Å². The Labute approximate surface area is 175 Å². The Morgan fingerprint density at radius 2 is 1.86 bits per heavy atom. The molecular formula is C18H21BrF3N3O3S. The van der Waals surface area contributed by atoms with E-state index in [4.69, 9.17) is 9.84 Å². The molecule has 0 radical (unpaired) electrons. The SMILES string of the molecule is O=S(=O)(N1CCC(c2nn(C3CCCCO3)c3ccc(Br)cc23)CC1)C(F)(F)F. The van der Waals surface area contributed by atoms with Gasteiger partial charge < -0.3 is 4.74 Å². The largest absolute Gasteiger partial charge is 0.511 e. The zero-order valence-electron chi connectivity index (χ0n) is 15.5. The number of rotatable bonds is 3. The number of piperidine rings is 1. The summed E-state index contributed by atoms with van der Waals surface area (Å²) in [5, 5.41) is 5.72. The van der Waals surface area contributed by atoms with Gasteiger partial charge in [0.2, 0.25) is 0 Å². The summed E-state index contributed by atoms with van der Waals surface area (Å²) in [6, 6.07) is 5.83. The molecule has 0 spiro atoms. The van der Waals surface area contributed by atoms with Crippen molar-refractivity contribution in [2.24, 2.45) is 0 Å². The van der Waals surface area contributed by atoms with Crippen molar-refractivity contribution in [1.29, 1.82) is 0 Å². The van der Waals surface area contributed by atoms with Crippen molar-refractivity contribution in [3.63, 3.8) is 0 Å². The number of ether oxygens (including phenoxy) is 1. The van der Waals surface area contributed by atoms with Gasteiger partial charge >= 0.3 is 15.5 Å². The van der Waals surface area contributed by atoms with Gasteiger partial charge in [0.1, 0.15) is 0 Å². The quantitative estimate of drug-likeness (QED) is 0.627. The molecular weight excluding hydrogens is 475 g/mol. The average molecular weight is 496 g/mol. The van der Waals surface area contributed by atoms with Crippen molar-refractivity contribution in [2.75, 3.05) is 19.7 Å². The van der Waals surface area contributed by atoms with Gasteiger partial charge in [-0.25, -0.2) is 13.1 Å². The van der Waals surface area contributed by atoms with Gasteiger partial charge in [0.25, 0.3) is 0 Å². The first-order chi connectivity index (χ1) is 13.7. The monoisotopic (exact) mass is 495 g/mol. The molecule has 11 heteroatoms. The highest BCUT2D eigenvalue weighted by Crippen LogP contribution is 2.38. The second-order valence-corrected chi connectivity index (χ2v) is 10.3. The number of aromatic nitrogens is 2. The summed E-state index contributed by atoms with van der Waals surface area (Å²) >= 11 is 3.47. The molecule has 160 valence electrons. The van der Waals surface area contributed by atoms with Gasteiger partial charge in [0.15, 0.2) is 6.23 Å². The summed E-state index contributed by atoms with van der Waals surface area (Å²) < 4.78 is 71.0. The van der Waals surface area contributed by atoms with Crippen LogP contribution in [0, 0.1) is 0 Å². The highest BCUT2D eigenvalue weighted by Gasteiger charge is 2.50. The van der Waals surface area contributed by atoms with Crippen LogP contribution in [0.2, 0.25) is 0 Å². The highest BCUT2D eigenvalue weighted by atomic mass is 79.9. The lowest BCUT2D eigenvalue weighted by atomic mass is 9.92. The van der Waals surface area contributed by atoms with E-state index in [2.05, 4.69) is 15.9 Å². The number of fused-ring (bicyclic) bond motifs is 1. The Bertz CT molecular complexity index is 995. The minimum atomic E-state index is -5.29. The van der Waals surface area contributed by atoms with Crippen LogP contribution in [0.5, 0.6) is 0 Å². The molecule has 1 aromatic carbocycles. The van der Waals surface area contributed by atoms with E-state index in [9.17, 15) is 21.6 Å². The zero-order valence-corrected chi connectivity index (χ0v) is 17.9. The minimum absolute atomic E-state index is 0.115. The lowest BCUT2D eigenvalue weighted by molar-refractivity contribution is -0.0495. The van der Waals surface area contributed by atoms with Crippen LogP contribution < -0.4 is 0 Å². The molecule has 2 aromatic rings. The molecule has 0 aliphatic carbocycles. The van der Waals surface area contributed by atoms with Crippen LogP contribution in [0.15, 0.2) is 22.7 Å². The van der Waals surface area contributed by atoms with Crippen molar-refractivity contribution < 1.29 is 26.3 Å². The molecule has 1 aromatic heterocycles. The first kappa shape index (κ1) is 21.1. The molecule has 0 saturated carbocycles. The molecule has 6 nitrogen and oxygen atoms in total. The summed E-state index contributed by atoms with van der Waals surface area (Å²) in [4.78, 5) is 0. The number of hydrogen-bond acceptors (Lipinski definition) is 4. The third-order valence-electron chi connectivity index (χ3n) is 5.60. The normalized spacial score (nSPS) is 23.0. The second kappa shape index (κ2) is 7.82. The lowest BCUT2D eigenvalue weighted by Crippen LogP contribution is -2.44. The zero-order chi connectivity index (χ0) is 20.8. The Hall–Kier alpha value is -1.17.